The maximum absolute atomic E-state index is 12.2. The molecule has 2 aromatic rings. The molecule has 0 aliphatic heterocycles. The minimum Gasteiger partial charge on any atom is -0.448 e. The zero-order valence-electron chi connectivity index (χ0n) is 11.6. The fraction of sp³-hybridized carbons (Fsp3) is 0.200. The summed E-state index contributed by atoms with van der Waals surface area (Å²) in [6, 6.07) is 8.79. The van der Waals surface area contributed by atoms with Crippen LogP contribution in [0.3, 0.4) is 0 Å². The summed E-state index contributed by atoms with van der Waals surface area (Å²) < 4.78 is 4.92. The van der Waals surface area contributed by atoms with Gasteiger partial charge in [0.25, 0.3) is 0 Å². The average molecular weight is 283 g/mol. The molecule has 1 atom stereocenters. The third-order valence-corrected chi connectivity index (χ3v) is 2.92. The van der Waals surface area contributed by atoms with Crippen molar-refractivity contribution < 1.29 is 14.0 Å². The van der Waals surface area contributed by atoms with Gasteiger partial charge in [-0.2, -0.15) is 5.26 Å². The third-order valence-electron chi connectivity index (χ3n) is 2.92. The first-order chi connectivity index (χ1) is 10.0. The Hall–Kier alpha value is -2.94. The number of aromatic nitrogens is 1. The normalized spacial score (nSPS) is 11.5. The van der Waals surface area contributed by atoms with Crippen LogP contribution in [0.15, 0.2) is 35.1 Å². The Labute approximate surface area is 121 Å². The van der Waals surface area contributed by atoms with Gasteiger partial charge in [-0.05, 0) is 31.5 Å². The van der Waals surface area contributed by atoms with E-state index in [2.05, 4.69) is 10.3 Å². The van der Waals surface area contributed by atoms with E-state index < -0.39 is 17.6 Å². The Kier molecular flexibility index (Phi) is 4.14. The van der Waals surface area contributed by atoms with Gasteiger partial charge >= 0.3 is 0 Å². The fourth-order valence-electron chi connectivity index (χ4n) is 1.85. The molecule has 6 nitrogen and oxygen atoms in total. The standard InChI is InChI=1S/C15H13N3O3/c1-9-4-3-5-11(6-9)18-15(20)12(7-16)14(19)13-10(2)21-8-17-13/h3-6,8,12H,1-2H3,(H,18,20)/t12-/m0/s1. The molecule has 1 heterocycles. The van der Waals surface area contributed by atoms with Crippen molar-refractivity contribution in [2.75, 3.05) is 5.32 Å². The molecule has 0 spiro atoms. The van der Waals surface area contributed by atoms with Crippen LogP contribution in [-0.2, 0) is 4.79 Å². The van der Waals surface area contributed by atoms with E-state index in [4.69, 9.17) is 9.68 Å². The number of carbonyl (C=O) groups is 2. The zero-order valence-corrected chi connectivity index (χ0v) is 11.6. The van der Waals surface area contributed by atoms with Crippen LogP contribution in [0.1, 0.15) is 21.8 Å². The van der Waals surface area contributed by atoms with Crippen LogP contribution in [0, 0.1) is 31.1 Å². The largest absolute Gasteiger partial charge is 0.448 e. The number of amides is 1. The van der Waals surface area contributed by atoms with E-state index in [1.54, 1.807) is 31.2 Å². The summed E-state index contributed by atoms with van der Waals surface area (Å²) in [7, 11) is 0. The Morgan fingerprint density at radius 3 is 2.71 bits per heavy atom. The molecule has 21 heavy (non-hydrogen) atoms. The van der Waals surface area contributed by atoms with Crippen LogP contribution >= 0.6 is 0 Å². The lowest BCUT2D eigenvalue weighted by atomic mass is 10.0. The summed E-state index contributed by atoms with van der Waals surface area (Å²) in [5.74, 6) is -2.54. The number of rotatable bonds is 4. The van der Waals surface area contributed by atoms with Crippen LogP contribution in [0.5, 0.6) is 0 Å². The Morgan fingerprint density at radius 2 is 2.14 bits per heavy atom. The van der Waals surface area contributed by atoms with Crippen molar-refractivity contribution in [2.45, 2.75) is 13.8 Å². The minimum atomic E-state index is -1.46. The van der Waals surface area contributed by atoms with Gasteiger partial charge in [-0.25, -0.2) is 4.98 Å². The predicted octanol–water partition coefficient (Wildman–Crippen LogP) is 2.25. The molecule has 2 rings (SSSR count). The van der Waals surface area contributed by atoms with E-state index in [-0.39, 0.29) is 11.5 Å². The highest BCUT2D eigenvalue weighted by molar-refractivity contribution is 6.15. The molecule has 0 saturated carbocycles. The number of hydrogen-bond donors (Lipinski definition) is 1. The predicted molar refractivity (Wildman–Crippen MR) is 74.5 cm³/mol. The van der Waals surface area contributed by atoms with Crippen molar-refractivity contribution >= 4 is 17.4 Å². The number of carbonyl (C=O) groups excluding carboxylic acids is 2. The maximum Gasteiger partial charge on any atom is 0.249 e. The smallest absolute Gasteiger partial charge is 0.249 e. The molecule has 0 aliphatic carbocycles. The van der Waals surface area contributed by atoms with Gasteiger partial charge in [0.2, 0.25) is 11.7 Å². The first kappa shape index (κ1) is 14.5. The third kappa shape index (κ3) is 3.15. The molecule has 0 radical (unpaired) electrons. The van der Waals surface area contributed by atoms with Gasteiger partial charge in [0.15, 0.2) is 12.3 Å². The summed E-state index contributed by atoms with van der Waals surface area (Å²) in [6.45, 7) is 3.43. The number of nitrogens with zero attached hydrogens (tertiary/aromatic N) is 2. The molecule has 1 aromatic carbocycles. The molecule has 0 unspecified atom stereocenters. The van der Waals surface area contributed by atoms with Crippen molar-refractivity contribution in [3.8, 4) is 6.07 Å². The second-order valence-corrected chi connectivity index (χ2v) is 4.54. The van der Waals surface area contributed by atoms with Crippen LogP contribution < -0.4 is 5.32 Å². The molecule has 1 amide bonds. The van der Waals surface area contributed by atoms with Gasteiger partial charge in [0.05, 0.1) is 6.07 Å². The number of oxazole rings is 1. The summed E-state index contributed by atoms with van der Waals surface area (Å²) in [5.41, 5.74) is 1.49. The maximum atomic E-state index is 12.2. The SMILES string of the molecule is Cc1cccc(NC(=O)[C@@H](C#N)C(=O)c2ncoc2C)c1. The van der Waals surface area contributed by atoms with Crippen LogP contribution in [0.2, 0.25) is 0 Å². The monoisotopic (exact) mass is 283 g/mol. The van der Waals surface area contributed by atoms with Gasteiger partial charge in [-0.15, -0.1) is 0 Å². The quantitative estimate of drug-likeness (QED) is 0.685. The highest BCUT2D eigenvalue weighted by Gasteiger charge is 2.30. The summed E-state index contributed by atoms with van der Waals surface area (Å²) in [4.78, 5) is 28.0. The molecule has 1 aromatic heterocycles. The molecule has 6 heteroatoms. The highest BCUT2D eigenvalue weighted by Crippen LogP contribution is 2.15. The number of Topliss-reactive ketones (excluding diaryl/α,β-unsaturated/α-hetero) is 1. The van der Waals surface area contributed by atoms with Crippen molar-refractivity contribution in [1.82, 2.24) is 4.98 Å². The first-order valence-corrected chi connectivity index (χ1v) is 6.24. The Balaban J connectivity index is 2.18. The zero-order chi connectivity index (χ0) is 15.4. The molecule has 0 aliphatic rings. The van der Waals surface area contributed by atoms with E-state index in [0.717, 1.165) is 12.0 Å². The van der Waals surface area contributed by atoms with E-state index in [1.165, 1.54) is 0 Å². The van der Waals surface area contributed by atoms with Gasteiger partial charge in [0.1, 0.15) is 11.5 Å². The van der Waals surface area contributed by atoms with Crippen molar-refractivity contribution in [3.63, 3.8) is 0 Å². The van der Waals surface area contributed by atoms with Gasteiger partial charge in [-0.1, -0.05) is 12.1 Å². The summed E-state index contributed by atoms with van der Waals surface area (Å²) >= 11 is 0. The van der Waals surface area contributed by atoms with Gasteiger partial charge in [0, 0.05) is 5.69 Å². The van der Waals surface area contributed by atoms with E-state index in [9.17, 15) is 9.59 Å². The van der Waals surface area contributed by atoms with Crippen LogP contribution in [-0.4, -0.2) is 16.7 Å². The average Bonchev–Trinajstić information content (AvgIpc) is 2.85. The number of nitriles is 1. The van der Waals surface area contributed by atoms with E-state index in [0.29, 0.717) is 5.69 Å². The van der Waals surface area contributed by atoms with Gasteiger partial charge < -0.3 is 9.73 Å². The molecule has 0 bridgehead atoms. The van der Waals surface area contributed by atoms with Crippen molar-refractivity contribution in [2.24, 2.45) is 5.92 Å². The number of anilines is 1. The molecule has 0 fully saturated rings. The lowest BCUT2D eigenvalue weighted by molar-refractivity contribution is -0.117. The number of nitrogens with one attached hydrogen (secondary N) is 1. The second kappa shape index (κ2) is 6.01. The fourth-order valence-corrected chi connectivity index (χ4v) is 1.85. The van der Waals surface area contributed by atoms with Crippen LogP contribution in [0.4, 0.5) is 5.69 Å². The Bertz CT molecular complexity index is 728. The second-order valence-electron chi connectivity index (χ2n) is 4.54. The first-order valence-electron chi connectivity index (χ1n) is 6.24. The van der Waals surface area contributed by atoms with E-state index in [1.807, 2.05) is 13.0 Å². The van der Waals surface area contributed by atoms with Crippen molar-refractivity contribution in [1.29, 1.82) is 5.26 Å². The molecular formula is C15H13N3O3. The lowest BCUT2D eigenvalue weighted by Gasteiger charge is -2.09. The molecule has 0 saturated heterocycles. The van der Waals surface area contributed by atoms with E-state index >= 15 is 0 Å². The number of ketones is 1. The van der Waals surface area contributed by atoms with Crippen molar-refractivity contribution in [3.05, 3.63) is 47.7 Å². The highest BCUT2D eigenvalue weighted by atomic mass is 16.3. The number of benzene rings is 1. The summed E-state index contributed by atoms with van der Waals surface area (Å²) in [6.07, 6.45) is 1.11. The lowest BCUT2D eigenvalue weighted by Crippen LogP contribution is -2.29. The summed E-state index contributed by atoms with van der Waals surface area (Å²) in [5, 5.41) is 11.7. The topological polar surface area (TPSA) is 96.0 Å². The van der Waals surface area contributed by atoms with Crippen LogP contribution in [0.25, 0.3) is 0 Å². The minimum absolute atomic E-state index is 0.000872. The Morgan fingerprint density at radius 1 is 1.38 bits per heavy atom. The number of aryl methyl sites for hydroxylation is 2. The van der Waals surface area contributed by atoms with Gasteiger partial charge in [-0.3, -0.25) is 9.59 Å². The number of hydrogen-bond acceptors (Lipinski definition) is 5. The molecule has 1 N–H and O–H groups in total. The molecular weight excluding hydrogens is 270 g/mol. The molecule has 106 valence electrons.